The van der Waals surface area contributed by atoms with E-state index in [0.29, 0.717) is 0 Å². The summed E-state index contributed by atoms with van der Waals surface area (Å²) in [5.41, 5.74) is 6.13. The summed E-state index contributed by atoms with van der Waals surface area (Å²) >= 11 is 0. The third kappa shape index (κ3) is 6.07. The molecular formula is C26H26. The van der Waals surface area contributed by atoms with Crippen LogP contribution in [0.5, 0.6) is 0 Å². The summed E-state index contributed by atoms with van der Waals surface area (Å²) in [7, 11) is 0. The van der Waals surface area contributed by atoms with Crippen LogP contribution in [0.25, 0.3) is 5.57 Å². The molecule has 0 radical (unpaired) electrons. The Morgan fingerprint density at radius 2 is 1.50 bits per heavy atom. The fourth-order valence-electron chi connectivity index (χ4n) is 2.63. The molecule has 0 saturated carbocycles. The van der Waals surface area contributed by atoms with Crippen LogP contribution in [0, 0.1) is 6.92 Å². The molecule has 0 fully saturated rings. The van der Waals surface area contributed by atoms with Crippen LogP contribution in [0.4, 0.5) is 0 Å². The molecule has 26 heavy (non-hydrogen) atoms. The van der Waals surface area contributed by atoms with Crippen molar-refractivity contribution in [1.82, 2.24) is 0 Å². The van der Waals surface area contributed by atoms with Crippen molar-refractivity contribution in [2.75, 3.05) is 0 Å². The zero-order chi connectivity index (χ0) is 18.6. The third-order valence-electron chi connectivity index (χ3n) is 4.02. The van der Waals surface area contributed by atoms with Gasteiger partial charge in [0.1, 0.15) is 0 Å². The van der Waals surface area contributed by atoms with Crippen molar-refractivity contribution in [2.24, 2.45) is 0 Å². The maximum Gasteiger partial charge on any atom is -0.0151 e. The molecule has 0 heteroatoms. The molecule has 2 aromatic carbocycles. The number of rotatable bonds is 4. The summed E-state index contributed by atoms with van der Waals surface area (Å²) in [6.07, 6.45) is 15.3. The first-order valence-corrected chi connectivity index (χ1v) is 8.85. The number of hydrogen-bond acceptors (Lipinski definition) is 0. The van der Waals surface area contributed by atoms with E-state index in [2.05, 4.69) is 80.8 Å². The van der Waals surface area contributed by atoms with Crippen LogP contribution >= 0.6 is 0 Å². The zero-order valence-corrected chi connectivity index (χ0v) is 15.4. The molecule has 2 aromatic rings. The Balaban J connectivity index is 0.000000290. The van der Waals surface area contributed by atoms with Crippen LogP contribution in [0.1, 0.15) is 17.5 Å². The third-order valence-corrected chi connectivity index (χ3v) is 4.02. The average molecular weight is 338 g/mol. The van der Waals surface area contributed by atoms with Gasteiger partial charge < -0.3 is 0 Å². The van der Waals surface area contributed by atoms with Crippen molar-refractivity contribution in [3.63, 3.8) is 0 Å². The van der Waals surface area contributed by atoms with E-state index in [0.717, 1.165) is 12.0 Å². The summed E-state index contributed by atoms with van der Waals surface area (Å²) in [5, 5.41) is 0. The predicted molar refractivity (Wildman–Crippen MR) is 116 cm³/mol. The second kappa shape index (κ2) is 10.7. The summed E-state index contributed by atoms with van der Waals surface area (Å²) in [6, 6.07) is 20.7. The fourth-order valence-corrected chi connectivity index (χ4v) is 2.63. The van der Waals surface area contributed by atoms with Crippen molar-refractivity contribution in [3.8, 4) is 0 Å². The zero-order valence-electron chi connectivity index (χ0n) is 15.4. The highest BCUT2D eigenvalue weighted by molar-refractivity contribution is 5.76. The van der Waals surface area contributed by atoms with Gasteiger partial charge in [0, 0.05) is 0 Å². The minimum atomic E-state index is 0.925. The van der Waals surface area contributed by atoms with Crippen LogP contribution in [0.2, 0.25) is 0 Å². The molecule has 0 saturated heterocycles. The highest BCUT2D eigenvalue weighted by atomic mass is 14.1. The van der Waals surface area contributed by atoms with Crippen molar-refractivity contribution in [2.45, 2.75) is 13.3 Å². The summed E-state index contributed by atoms with van der Waals surface area (Å²) in [4.78, 5) is 0. The molecule has 1 aliphatic carbocycles. The van der Waals surface area contributed by atoms with E-state index in [1.54, 1.807) is 6.08 Å². The molecule has 1 aliphatic rings. The molecule has 0 bridgehead atoms. The minimum absolute atomic E-state index is 0.925. The van der Waals surface area contributed by atoms with E-state index in [1.807, 2.05) is 36.4 Å². The van der Waals surface area contributed by atoms with Crippen molar-refractivity contribution in [1.29, 1.82) is 0 Å². The maximum atomic E-state index is 3.85. The van der Waals surface area contributed by atoms with Crippen LogP contribution < -0.4 is 0 Å². The normalized spacial score (nSPS) is 13.5. The van der Waals surface area contributed by atoms with Crippen molar-refractivity contribution in [3.05, 3.63) is 139 Å². The Morgan fingerprint density at radius 3 is 2.04 bits per heavy atom. The number of hydrogen-bond donors (Lipinski definition) is 0. The lowest BCUT2D eigenvalue weighted by atomic mass is 10.0. The highest BCUT2D eigenvalue weighted by Gasteiger charge is 2.03. The van der Waals surface area contributed by atoms with Crippen LogP contribution in [0.15, 0.2) is 127 Å². The van der Waals surface area contributed by atoms with Gasteiger partial charge in [0.2, 0.25) is 0 Å². The highest BCUT2D eigenvalue weighted by Crippen LogP contribution is 2.23. The molecule has 0 spiro atoms. The molecule has 0 amide bonds. The maximum absolute atomic E-state index is 3.85. The van der Waals surface area contributed by atoms with Gasteiger partial charge in [-0.3, -0.25) is 0 Å². The lowest BCUT2D eigenvalue weighted by molar-refractivity contribution is 1.36. The van der Waals surface area contributed by atoms with Crippen molar-refractivity contribution >= 4 is 5.57 Å². The molecule has 0 N–H and O–H groups in total. The Kier molecular flexibility index (Phi) is 7.89. The Labute approximate surface area is 157 Å². The molecule has 0 aliphatic heterocycles. The lowest BCUT2D eigenvalue weighted by Gasteiger charge is -2.02. The Bertz CT molecular complexity index is 828. The monoisotopic (exact) mass is 338 g/mol. The topological polar surface area (TPSA) is 0 Å². The SMILES string of the molecule is C=C/C=C(\C=C)C1=CCC=C(c2ccccc2)C=C1.Cc1ccccc1. The lowest BCUT2D eigenvalue weighted by Crippen LogP contribution is -1.82. The second-order valence-corrected chi connectivity index (χ2v) is 5.97. The van der Waals surface area contributed by atoms with Crippen LogP contribution in [-0.2, 0) is 0 Å². The van der Waals surface area contributed by atoms with Gasteiger partial charge in [0.25, 0.3) is 0 Å². The predicted octanol–water partition coefficient (Wildman–Crippen LogP) is 7.25. The van der Waals surface area contributed by atoms with Gasteiger partial charge in [-0.1, -0.05) is 122 Å². The van der Waals surface area contributed by atoms with E-state index in [4.69, 9.17) is 0 Å². The number of aryl methyl sites for hydroxylation is 1. The summed E-state index contributed by atoms with van der Waals surface area (Å²) in [5.74, 6) is 0. The Hall–Kier alpha value is -3.12. The van der Waals surface area contributed by atoms with E-state index in [1.165, 1.54) is 22.3 Å². The Morgan fingerprint density at radius 1 is 0.846 bits per heavy atom. The van der Waals surface area contributed by atoms with Gasteiger partial charge in [-0.05, 0) is 35.6 Å². The van der Waals surface area contributed by atoms with Crippen molar-refractivity contribution < 1.29 is 0 Å². The largest absolute Gasteiger partial charge is 0.0990 e. The first kappa shape index (κ1) is 19.2. The molecule has 3 rings (SSSR count). The molecular weight excluding hydrogens is 312 g/mol. The summed E-state index contributed by atoms with van der Waals surface area (Å²) in [6.45, 7) is 9.68. The van der Waals surface area contributed by atoms with Gasteiger partial charge in [0.15, 0.2) is 0 Å². The second-order valence-electron chi connectivity index (χ2n) is 5.97. The van der Waals surface area contributed by atoms with E-state index < -0.39 is 0 Å². The molecule has 0 aromatic heterocycles. The first-order chi connectivity index (χ1) is 12.7. The van der Waals surface area contributed by atoms with Gasteiger partial charge in [-0.2, -0.15) is 0 Å². The quantitative estimate of drug-likeness (QED) is 0.515. The minimum Gasteiger partial charge on any atom is -0.0990 e. The van der Waals surface area contributed by atoms with Gasteiger partial charge in [0.05, 0.1) is 0 Å². The smallest absolute Gasteiger partial charge is 0.0151 e. The molecule has 0 nitrogen and oxygen atoms in total. The van der Waals surface area contributed by atoms with Gasteiger partial charge >= 0.3 is 0 Å². The van der Waals surface area contributed by atoms with E-state index in [-0.39, 0.29) is 0 Å². The van der Waals surface area contributed by atoms with E-state index in [9.17, 15) is 0 Å². The number of benzene rings is 2. The van der Waals surface area contributed by atoms with Gasteiger partial charge in [-0.15, -0.1) is 0 Å². The van der Waals surface area contributed by atoms with Crippen LogP contribution in [0.3, 0.4) is 0 Å². The molecule has 130 valence electrons. The standard InChI is InChI=1S/C19H18.C7H8/c1-3-9-16(4-2)18-12-8-13-19(15-14-18)17-10-6-5-7-11-17;1-7-5-3-2-4-6-7/h3-7,9-15H,1-2,8H2;2-6H,1H3/b16-9+;. The summed E-state index contributed by atoms with van der Waals surface area (Å²) < 4.78 is 0. The average Bonchev–Trinajstić information content (AvgIpc) is 2.94. The molecule has 0 heterocycles. The molecule has 0 unspecified atom stereocenters. The van der Waals surface area contributed by atoms with E-state index >= 15 is 0 Å². The fraction of sp³-hybridized carbons (Fsp3) is 0.0769. The molecule has 0 atom stereocenters. The van der Waals surface area contributed by atoms with Gasteiger partial charge in [-0.25, -0.2) is 0 Å². The van der Waals surface area contributed by atoms with Crippen LogP contribution in [-0.4, -0.2) is 0 Å². The number of allylic oxidation sites excluding steroid dienone is 10. The first-order valence-electron chi connectivity index (χ1n) is 8.85.